The molecule has 0 aliphatic heterocycles. The van der Waals surface area contributed by atoms with E-state index in [0.717, 1.165) is 53.1 Å². The Morgan fingerprint density at radius 1 is 1.21 bits per heavy atom. The fourth-order valence-electron chi connectivity index (χ4n) is 3.80. The number of nitrogens with two attached hydrogens (primary N) is 1. The van der Waals surface area contributed by atoms with Crippen LogP contribution in [0.15, 0.2) is 30.3 Å². The number of hydrogen-bond acceptors (Lipinski definition) is 5. The van der Waals surface area contributed by atoms with Crippen molar-refractivity contribution in [3.8, 4) is 22.3 Å². The van der Waals surface area contributed by atoms with Gasteiger partial charge in [0.25, 0.3) is 0 Å². The first kappa shape index (κ1) is 19.8. The normalized spacial score (nSPS) is 13.4. The van der Waals surface area contributed by atoms with E-state index in [0.29, 0.717) is 23.0 Å². The van der Waals surface area contributed by atoms with Gasteiger partial charge in [0.1, 0.15) is 29.8 Å². The molecule has 2 heterocycles. The number of pyridine rings is 1. The number of fused-ring (bicyclic) bond motifs is 1. The van der Waals surface area contributed by atoms with Gasteiger partial charge < -0.3 is 10.5 Å². The number of aryl methyl sites for hydroxylation is 2. The molecule has 0 atom stereocenters. The van der Waals surface area contributed by atoms with E-state index in [9.17, 15) is 5.26 Å². The average Bonchev–Trinajstić information content (AvgIpc) is 2.92. The number of ether oxygens (including phenoxy) is 1. The van der Waals surface area contributed by atoms with Crippen molar-refractivity contribution < 1.29 is 4.74 Å². The van der Waals surface area contributed by atoms with Gasteiger partial charge in [-0.2, -0.15) is 5.26 Å². The zero-order chi connectivity index (χ0) is 20.4. The maximum absolute atomic E-state index is 9.78. The van der Waals surface area contributed by atoms with Crippen LogP contribution < -0.4 is 10.5 Å². The van der Waals surface area contributed by atoms with E-state index < -0.39 is 0 Å². The summed E-state index contributed by atoms with van der Waals surface area (Å²) in [7, 11) is 0. The van der Waals surface area contributed by atoms with E-state index in [4.69, 9.17) is 22.1 Å². The molecule has 1 aliphatic carbocycles. The van der Waals surface area contributed by atoms with Crippen LogP contribution in [0.3, 0.4) is 0 Å². The van der Waals surface area contributed by atoms with Crippen molar-refractivity contribution in [2.45, 2.75) is 45.6 Å². The van der Waals surface area contributed by atoms with E-state index in [1.54, 1.807) is 11.3 Å². The number of hydrogen-bond donors (Lipinski definition) is 1. The molecular weight excluding hydrogens is 402 g/mol. The highest BCUT2D eigenvalue weighted by atomic mass is 35.5. The topological polar surface area (TPSA) is 71.9 Å². The van der Waals surface area contributed by atoms with Crippen molar-refractivity contribution in [2.75, 3.05) is 5.73 Å². The molecule has 1 aliphatic rings. The summed E-state index contributed by atoms with van der Waals surface area (Å²) in [5.41, 5.74) is 11.0. The number of nitrogen functional groups attached to an aromatic ring is 1. The molecule has 0 unspecified atom stereocenters. The highest BCUT2D eigenvalue weighted by Crippen LogP contribution is 2.40. The predicted octanol–water partition coefficient (Wildman–Crippen LogP) is 6.07. The molecule has 0 bridgehead atoms. The minimum Gasteiger partial charge on any atom is -0.489 e. The Morgan fingerprint density at radius 2 is 1.97 bits per heavy atom. The lowest BCUT2D eigenvalue weighted by molar-refractivity contribution is 0.306. The summed E-state index contributed by atoms with van der Waals surface area (Å²) in [6.45, 7) is 2.55. The Hall–Kier alpha value is -2.55. The lowest BCUT2D eigenvalue weighted by Gasteiger charge is -2.14. The molecule has 0 saturated heterocycles. The molecule has 0 radical (unpaired) electrons. The van der Waals surface area contributed by atoms with Crippen LogP contribution in [-0.2, 0) is 19.4 Å². The van der Waals surface area contributed by atoms with Gasteiger partial charge in [-0.3, -0.25) is 0 Å². The Balaban J connectivity index is 1.70. The van der Waals surface area contributed by atoms with Crippen LogP contribution in [0.4, 0.5) is 5.82 Å². The quantitative estimate of drug-likeness (QED) is 0.516. The van der Waals surface area contributed by atoms with Crippen molar-refractivity contribution in [2.24, 2.45) is 0 Å². The molecule has 3 aromatic rings. The van der Waals surface area contributed by atoms with E-state index in [2.05, 4.69) is 24.0 Å². The number of nitrogens with zero attached hydrogens (tertiary/aromatic N) is 2. The van der Waals surface area contributed by atoms with Crippen molar-refractivity contribution in [3.05, 3.63) is 62.6 Å². The van der Waals surface area contributed by atoms with Crippen LogP contribution in [0.25, 0.3) is 10.4 Å². The van der Waals surface area contributed by atoms with Crippen LogP contribution in [0.2, 0.25) is 5.02 Å². The number of benzene rings is 1. The fourth-order valence-corrected chi connectivity index (χ4v) is 5.04. The van der Waals surface area contributed by atoms with Crippen LogP contribution >= 0.6 is 22.9 Å². The molecule has 0 amide bonds. The van der Waals surface area contributed by atoms with Gasteiger partial charge in [0.05, 0.1) is 0 Å². The molecule has 1 aromatic carbocycles. The predicted molar refractivity (Wildman–Crippen MR) is 118 cm³/mol. The SMILES string of the molecule is Cc1sc(-c2c(C#N)c(N)nc3c2CCCCC3)cc1COc1ccc(Cl)cc1. The number of nitriles is 1. The third-order valence-corrected chi connectivity index (χ3v) is 6.70. The van der Waals surface area contributed by atoms with Crippen LogP contribution in [0.5, 0.6) is 5.75 Å². The van der Waals surface area contributed by atoms with Gasteiger partial charge in [0.15, 0.2) is 0 Å². The molecule has 2 N–H and O–H groups in total. The molecular formula is C23H22ClN3OS. The number of halogens is 1. The van der Waals surface area contributed by atoms with Crippen molar-refractivity contribution in [3.63, 3.8) is 0 Å². The maximum atomic E-state index is 9.78. The second-order valence-electron chi connectivity index (χ2n) is 7.28. The van der Waals surface area contributed by atoms with Crippen LogP contribution in [-0.4, -0.2) is 4.98 Å². The second kappa shape index (κ2) is 8.44. The lowest BCUT2D eigenvalue weighted by atomic mass is 9.95. The van der Waals surface area contributed by atoms with Gasteiger partial charge >= 0.3 is 0 Å². The molecule has 4 rings (SSSR count). The summed E-state index contributed by atoms with van der Waals surface area (Å²) < 4.78 is 5.94. The lowest BCUT2D eigenvalue weighted by Crippen LogP contribution is -2.06. The number of thiophene rings is 1. The Morgan fingerprint density at radius 3 is 2.72 bits per heavy atom. The zero-order valence-corrected chi connectivity index (χ0v) is 17.9. The van der Waals surface area contributed by atoms with E-state index >= 15 is 0 Å². The zero-order valence-electron chi connectivity index (χ0n) is 16.3. The fraction of sp³-hybridized carbons (Fsp3) is 0.304. The summed E-state index contributed by atoms with van der Waals surface area (Å²) in [5.74, 6) is 1.12. The van der Waals surface area contributed by atoms with Gasteiger partial charge in [-0.05, 0) is 68.5 Å². The minimum absolute atomic E-state index is 0.341. The van der Waals surface area contributed by atoms with Gasteiger partial charge in [-0.15, -0.1) is 11.3 Å². The van der Waals surface area contributed by atoms with Crippen molar-refractivity contribution in [1.29, 1.82) is 5.26 Å². The smallest absolute Gasteiger partial charge is 0.142 e. The van der Waals surface area contributed by atoms with Crippen molar-refractivity contribution in [1.82, 2.24) is 4.98 Å². The summed E-state index contributed by atoms with van der Waals surface area (Å²) in [6, 6.07) is 11.8. The Bertz CT molecular complexity index is 1080. The first-order valence-corrected chi connectivity index (χ1v) is 11.0. The summed E-state index contributed by atoms with van der Waals surface area (Å²) in [4.78, 5) is 6.81. The average molecular weight is 424 g/mol. The third kappa shape index (κ3) is 4.10. The van der Waals surface area contributed by atoms with E-state index in [1.807, 2.05) is 24.3 Å². The van der Waals surface area contributed by atoms with Crippen LogP contribution in [0, 0.1) is 18.3 Å². The molecule has 0 saturated carbocycles. The van der Waals surface area contributed by atoms with Gasteiger partial charge in [0.2, 0.25) is 0 Å². The third-order valence-electron chi connectivity index (χ3n) is 5.34. The second-order valence-corrected chi connectivity index (χ2v) is 8.97. The Kier molecular flexibility index (Phi) is 5.75. The summed E-state index contributed by atoms with van der Waals surface area (Å²) in [6.07, 6.45) is 5.29. The highest BCUT2D eigenvalue weighted by molar-refractivity contribution is 7.15. The van der Waals surface area contributed by atoms with E-state index in [-0.39, 0.29) is 0 Å². The minimum atomic E-state index is 0.341. The molecule has 4 nitrogen and oxygen atoms in total. The largest absolute Gasteiger partial charge is 0.489 e. The Labute approximate surface area is 179 Å². The standard InChI is InChI=1S/C23H22ClN3OS/c1-14-15(13-28-17-9-7-16(24)8-10-17)11-21(29-14)22-18-5-3-2-4-6-20(18)27-23(26)19(22)12-25/h7-11H,2-6,13H2,1H3,(H2,26,27). The number of rotatable bonds is 4. The van der Waals surface area contributed by atoms with Gasteiger partial charge in [-0.1, -0.05) is 18.0 Å². The first-order valence-electron chi connectivity index (χ1n) is 9.76. The number of anilines is 1. The molecule has 0 spiro atoms. The molecule has 6 heteroatoms. The molecule has 29 heavy (non-hydrogen) atoms. The van der Waals surface area contributed by atoms with E-state index in [1.165, 1.54) is 16.9 Å². The molecule has 0 fully saturated rings. The van der Waals surface area contributed by atoms with Crippen molar-refractivity contribution >= 4 is 28.8 Å². The molecule has 2 aromatic heterocycles. The molecule has 148 valence electrons. The first-order chi connectivity index (χ1) is 14.1. The van der Waals surface area contributed by atoms with Gasteiger partial charge in [-0.25, -0.2) is 4.98 Å². The highest BCUT2D eigenvalue weighted by Gasteiger charge is 2.23. The monoisotopic (exact) mass is 423 g/mol. The van der Waals surface area contributed by atoms with Crippen LogP contribution in [0.1, 0.15) is 46.5 Å². The summed E-state index contributed by atoms with van der Waals surface area (Å²) >= 11 is 7.63. The maximum Gasteiger partial charge on any atom is 0.142 e. The summed E-state index contributed by atoms with van der Waals surface area (Å²) in [5, 5.41) is 10.5. The van der Waals surface area contributed by atoms with Gasteiger partial charge in [0, 0.05) is 31.6 Å². The number of aromatic nitrogens is 1.